The van der Waals surface area contributed by atoms with Crippen LogP contribution in [-0.4, -0.2) is 34.5 Å². The molecule has 2 fully saturated rings. The Morgan fingerprint density at radius 3 is 2.48 bits per heavy atom. The summed E-state index contributed by atoms with van der Waals surface area (Å²) < 4.78 is 19.9. The number of halogens is 1. The molecule has 2 saturated heterocycles. The molecule has 1 aromatic rings. The molecule has 0 N–H and O–H groups in total. The van der Waals surface area contributed by atoms with Gasteiger partial charge in [0.1, 0.15) is 6.23 Å². The molecular formula is C14H22BClN2O3. The van der Waals surface area contributed by atoms with Gasteiger partial charge in [-0.2, -0.15) is 0 Å². The predicted molar refractivity (Wildman–Crippen MR) is 81.8 cm³/mol. The van der Waals surface area contributed by atoms with E-state index in [4.69, 9.17) is 25.6 Å². The number of ether oxygens (including phenoxy) is 1. The summed E-state index contributed by atoms with van der Waals surface area (Å²) in [6, 6.07) is 0. The molecule has 21 heavy (non-hydrogen) atoms. The first-order valence-electron chi connectivity index (χ1n) is 7.52. The minimum atomic E-state index is -0.472. The SMILES string of the molecule is CC1(C)OB(c2cnc(Cl)n2[C@H]2CCCCO2)OC1(C)C. The van der Waals surface area contributed by atoms with Crippen LogP contribution in [0, 0.1) is 0 Å². The van der Waals surface area contributed by atoms with E-state index in [1.807, 2.05) is 32.3 Å². The normalized spacial score (nSPS) is 28.0. The summed E-state index contributed by atoms with van der Waals surface area (Å²) in [5, 5.41) is 0.423. The molecule has 0 aliphatic carbocycles. The summed E-state index contributed by atoms with van der Waals surface area (Å²) in [6.45, 7) is 8.89. The Morgan fingerprint density at radius 1 is 1.24 bits per heavy atom. The third-order valence-corrected chi connectivity index (χ3v) is 5.00. The Balaban J connectivity index is 1.90. The molecule has 0 aromatic carbocycles. The van der Waals surface area contributed by atoms with Crippen molar-refractivity contribution in [3.05, 3.63) is 11.5 Å². The van der Waals surface area contributed by atoms with E-state index in [2.05, 4.69) is 4.98 Å². The molecule has 0 unspecified atom stereocenters. The molecule has 0 spiro atoms. The Hall–Kier alpha value is -0.555. The van der Waals surface area contributed by atoms with E-state index < -0.39 is 7.12 Å². The highest BCUT2D eigenvalue weighted by Gasteiger charge is 2.53. The van der Waals surface area contributed by atoms with Gasteiger partial charge in [-0.25, -0.2) is 4.98 Å². The van der Waals surface area contributed by atoms with Crippen molar-refractivity contribution in [2.75, 3.05) is 6.61 Å². The molecule has 0 saturated carbocycles. The van der Waals surface area contributed by atoms with Crippen molar-refractivity contribution >= 4 is 24.3 Å². The van der Waals surface area contributed by atoms with Crippen molar-refractivity contribution in [3.8, 4) is 0 Å². The highest BCUT2D eigenvalue weighted by Crippen LogP contribution is 2.37. The molecular weight excluding hydrogens is 290 g/mol. The van der Waals surface area contributed by atoms with Gasteiger partial charge in [-0.05, 0) is 58.6 Å². The monoisotopic (exact) mass is 312 g/mol. The smallest absolute Gasteiger partial charge is 0.398 e. The van der Waals surface area contributed by atoms with Gasteiger partial charge in [0.2, 0.25) is 5.28 Å². The van der Waals surface area contributed by atoms with Crippen molar-refractivity contribution in [3.63, 3.8) is 0 Å². The van der Waals surface area contributed by atoms with Crippen LogP contribution < -0.4 is 5.59 Å². The van der Waals surface area contributed by atoms with Crippen molar-refractivity contribution in [1.29, 1.82) is 0 Å². The fourth-order valence-electron chi connectivity index (χ4n) is 2.70. The van der Waals surface area contributed by atoms with E-state index in [0.29, 0.717) is 5.28 Å². The molecule has 0 amide bonds. The zero-order chi connectivity index (χ0) is 15.3. The first-order valence-corrected chi connectivity index (χ1v) is 7.89. The molecule has 7 heteroatoms. The second-order valence-electron chi connectivity index (χ2n) is 6.73. The van der Waals surface area contributed by atoms with E-state index >= 15 is 0 Å². The Bertz CT molecular complexity index is 510. The largest absolute Gasteiger partial charge is 0.514 e. The van der Waals surface area contributed by atoms with Crippen LogP contribution >= 0.6 is 11.6 Å². The predicted octanol–water partition coefficient (Wildman–Crippen LogP) is 2.53. The van der Waals surface area contributed by atoms with Gasteiger partial charge >= 0.3 is 7.12 Å². The van der Waals surface area contributed by atoms with Gasteiger partial charge in [0.25, 0.3) is 0 Å². The van der Waals surface area contributed by atoms with Gasteiger partial charge in [-0.1, -0.05) is 0 Å². The summed E-state index contributed by atoms with van der Waals surface area (Å²) in [4.78, 5) is 4.22. The lowest BCUT2D eigenvalue weighted by atomic mass is 9.85. The third-order valence-electron chi connectivity index (χ3n) is 4.72. The minimum absolute atomic E-state index is 0.0808. The number of aromatic nitrogens is 2. The van der Waals surface area contributed by atoms with Crippen LogP contribution in [0.1, 0.15) is 53.2 Å². The standard InChI is InChI=1S/C14H22BClN2O3/c1-13(2)14(3,4)21-15(20-13)10-9-17-12(16)18(10)11-7-5-6-8-19-11/h9,11H,5-8H2,1-4H3/t11-/m1/s1. The Labute approximate surface area is 131 Å². The molecule has 116 valence electrons. The molecule has 5 nitrogen and oxygen atoms in total. The second kappa shape index (κ2) is 5.27. The lowest BCUT2D eigenvalue weighted by molar-refractivity contribution is -0.0305. The van der Waals surface area contributed by atoms with Crippen LogP contribution in [-0.2, 0) is 14.0 Å². The van der Waals surface area contributed by atoms with Gasteiger partial charge in [0.05, 0.1) is 16.8 Å². The minimum Gasteiger partial charge on any atom is -0.398 e. The van der Waals surface area contributed by atoms with Gasteiger partial charge in [0.15, 0.2) is 0 Å². The fourth-order valence-corrected chi connectivity index (χ4v) is 2.96. The summed E-state index contributed by atoms with van der Waals surface area (Å²) in [5.41, 5.74) is 0.0600. The summed E-state index contributed by atoms with van der Waals surface area (Å²) in [7, 11) is -0.472. The second-order valence-corrected chi connectivity index (χ2v) is 7.07. The molecule has 2 aliphatic heterocycles. The topological polar surface area (TPSA) is 45.5 Å². The number of nitrogens with zero attached hydrogens (tertiary/aromatic N) is 2. The van der Waals surface area contributed by atoms with Gasteiger partial charge in [0, 0.05) is 12.8 Å². The molecule has 0 radical (unpaired) electrons. The zero-order valence-electron chi connectivity index (χ0n) is 13.1. The average molecular weight is 313 g/mol. The van der Waals surface area contributed by atoms with Crippen LogP contribution in [0.3, 0.4) is 0 Å². The average Bonchev–Trinajstić information content (AvgIpc) is 2.89. The number of rotatable bonds is 2. The Kier molecular flexibility index (Phi) is 3.85. The molecule has 3 rings (SSSR count). The van der Waals surface area contributed by atoms with Crippen molar-refractivity contribution < 1.29 is 14.0 Å². The van der Waals surface area contributed by atoms with E-state index in [9.17, 15) is 0 Å². The van der Waals surface area contributed by atoms with E-state index in [-0.39, 0.29) is 17.4 Å². The number of hydrogen-bond acceptors (Lipinski definition) is 4. The first-order chi connectivity index (χ1) is 9.82. The maximum absolute atomic E-state index is 6.26. The van der Waals surface area contributed by atoms with Gasteiger partial charge < -0.3 is 14.0 Å². The lowest BCUT2D eigenvalue weighted by Crippen LogP contribution is -2.41. The molecule has 0 bridgehead atoms. The van der Waals surface area contributed by atoms with E-state index in [1.54, 1.807) is 6.20 Å². The maximum Gasteiger partial charge on any atom is 0.514 e. The third kappa shape index (κ3) is 2.63. The van der Waals surface area contributed by atoms with Crippen molar-refractivity contribution in [2.45, 2.75) is 64.4 Å². The van der Waals surface area contributed by atoms with Crippen LogP contribution in [0.15, 0.2) is 6.20 Å². The van der Waals surface area contributed by atoms with Crippen LogP contribution in [0.2, 0.25) is 5.28 Å². The van der Waals surface area contributed by atoms with Crippen LogP contribution in [0.4, 0.5) is 0 Å². The van der Waals surface area contributed by atoms with Crippen LogP contribution in [0.5, 0.6) is 0 Å². The van der Waals surface area contributed by atoms with Gasteiger partial charge in [-0.3, -0.25) is 4.57 Å². The molecule has 1 atom stereocenters. The van der Waals surface area contributed by atoms with Crippen LogP contribution in [0.25, 0.3) is 0 Å². The van der Waals surface area contributed by atoms with Crippen molar-refractivity contribution in [1.82, 2.24) is 9.55 Å². The highest BCUT2D eigenvalue weighted by molar-refractivity contribution is 6.61. The van der Waals surface area contributed by atoms with E-state index in [1.165, 1.54) is 0 Å². The Morgan fingerprint density at radius 2 is 1.90 bits per heavy atom. The molecule has 3 heterocycles. The maximum atomic E-state index is 6.26. The van der Waals surface area contributed by atoms with Gasteiger partial charge in [-0.15, -0.1) is 0 Å². The quantitative estimate of drug-likeness (QED) is 0.787. The first kappa shape index (κ1) is 15.3. The molecule has 1 aromatic heterocycles. The highest BCUT2D eigenvalue weighted by atomic mass is 35.5. The fraction of sp³-hybridized carbons (Fsp3) is 0.786. The zero-order valence-corrected chi connectivity index (χ0v) is 13.8. The number of hydrogen-bond donors (Lipinski definition) is 0. The molecule has 2 aliphatic rings. The lowest BCUT2D eigenvalue weighted by Gasteiger charge is -2.32. The summed E-state index contributed by atoms with van der Waals surface area (Å²) in [6.07, 6.45) is 4.80. The van der Waals surface area contributed by atoms with E-state index in [0.717, 1.165) is 31.5 Å². The summed E-state index contributed by atoms with van der Waals surface area (Å²) >= 11 is 6.26. The number of imidazole rings is 1. The summed E-state index contributed by atoms with van der Waals surface area (Å²) in [5.74, 6) is 0. The van der Waals surface area contributed by atoms with Crippen molar-refractivity contribution in [2.24, 2.45) is 0 Å².